The van der Waals surface area contributed by atoms with Crippen LogP contribution in [0.5, 0.6) is 5.75 Å². The average Bonchev–Trinajstić information content (AvgIpc) is 2.79. The zero-order chi connectivity index (χ0) is 22.4. The van der Waals surface area contributed by atoms with Crippen molar-refractivity contribution in [1.82, 2.24) is 5.32 Å². The van der Waals surface area contributed by atoms with Crippen molar-refractivity contribution in [2.75, 3.05) is 44.2 Å². The molecule has 2 aliphatic heterocycles. The van der Waals surface area contributed by atoms with Gasteiger partial charge in [0.15, 0.2) is 6.34 Å². The molecular weight excluding hydrogens is 449 g/mol. The van der Waals surface area contributed by atoms with E-state index in [0.717, 1.165) is 50.3 Å². The number of benzene rings is 2. The highest BCUT2D eigenvalue weighted by Crippen LogP contribution is 2.44. The van der Waals surface area contributed by atoms with Crippen LogP contribution in [0.2, 0.25) is 10.0 Å². The average molecular weight is 477 g/mol. The Morgan fingerprint density at radius 2 is 1.97 bits per heavy atom. The van der Waals surface area contributed by atoms with E-state index < -0.39 is 5.60 Å². The Labute approximate surface area is 198 Å². The van der Waals surface area contributed by atoms with Crippen molar-refractivity contribution in [1.29, 1.82) is 5.41 Å². The Hall–Kier alpha value is -2.16. The molecule has 2 aliphatic rings. The van der Waals surface area contributed by atoms with Gasteiger partial charge in [-0.15, -0.1) is 0 Å². The summed E-state index contributed by atoms with van der Waals surface area (Å²) in [5.41, 5.74) is 1.58. The summed E-state index contributed by atoms with van der Waals surface area (Å²) >= 11 is 12.6. The zero-order valence-corrected chi connectivity index (χ0v) is 19.3. The first-order valence-electron chi connectivity index (χ1n) is 10.8. The summed E-state index contributed by atoms with van der Waals surface area (Å²) in [6, 6.07) is 13.7. The van der Waals surface area contributed by atoms with Gasteiger partial charge in [-0.05, 0) is 36.4 Å². The first-order valence-corrected chi connectivity index (χ1v) is 11.5. The second-order valence-corrected chi connectivity index (χ2v) is 8.82. The predicted molar refractivity (Wildman–Crippen MR) is 129 cm³/mol. The first kappa shape index (κ1) is 23.0. The van der Waals surface area contributed by atoms with Gasteiger partial charge in [-0.1, -0.05) is 29.3 Å². The van der Waals surface area contributed by atoms with E-state index in [-0.39, 0.29) is 6.10 Å². The fourth-order valence-corrected chi connectivity index (χ4v) is 4.84. The number of nitrogens with zero attached hydrogens (tertiary/aromatic N) is 2. The zero-order valence-electron chi connectivity index (χ0n) is 17.8. The standard InChI is InChI=1S/C23H27Cl2N5O2/c24-17-1-6-21(22(25)11-17)23(14-28-16-29-15-26)12-20(32-23)13-31-19-4-2-18(3-5-19)30-9-7-27-8-10-30/h1-6,11,15-16,20,27H,7-10,12-14H2,(H2,26,28,29)/p+1/t20-,23-/m0/s1. The van der Waals surface area contributed by atoms with Crippen LogP contribution in [-0.2, 0) is 10.3 Å². The molecule has 32 heavy (non-hydrogen) atoms. The van der Waals surface area contributed by atoms with E-state index in [1.165, 1.54) is 5.69 Å². The summed E-state index contributed by atoms with van der Waals surface area (Å²) in [7, 11) is 0. The lowest BCUT2D eigenvalue weighted by molar-refractivity contribution is -0.563. The lowest BCUT2D eigenvalue weighted by Crippen LogP contribution is -2.88. The van der Waals surface area contributed by atoms with E-state index in [0.29, 0.717) is 23.2 Å². The number of nitrogens with one attached hydrogen (secondary N) is 2. The molecule has 0 unspecified atom stereocenters. The van der Waals surface area contributed by atoms with Gasteiger partial charge in [-0.3, -0.25) is 5.41 Å². The Balaban J connectivity index is 1.35. The minimum Gasteiger partial charge on any atom is -0.491 e. The van der Waals surface area contributed by atoms with E-state index in [2.05, 4.69) is 27.3 Å². The van der Waals surface area contributed by atoms with Crippen LogP contribution in [0.4, 0.5) is 5.69 Å². The number of hydrogen-bond donors (Lipinski definition) is 3. The summed E-state index contributed by atoms with van der Waals surface area (Å²) in [5.74, 6) is 0.833. The van der Waals surface area contributed by atoms with E-state index in [4.69, 9.17) is 38.1 Å². The van der Waals surface area contributed by atoms with Crippen molar-refractivity contribution in [2.24, 2.45) is 4.99 Å². The maximum atomic E-state index is 7.03. The van der Waals surface area contributed by atoms with Crippen LogP contribution in [-0.4, -0.2) is 58.1 Å². The molecule has 2 aromatic rings. The minimum atomic E-state index is -0.546. The molecule has 0 amide bonds. The molecule has 0 saturated carbocycles. The van der Waals surface area contributed by atoms with Gasteiger partial charge in [0.2, 0.25) is 0 Å². The van der Waals surface area contributed by atoms with Gasteiger partial charge in [0.1, 0.15) is 30.8 Å². The molecule has 2 atom stereocenters. The smallest absolute Gasteiger partial charge is 0.188 e. The van der Waals surface area contributed by atoms with Crippen LogP contribution in [0.25, 0.3) is 0 Å². The second kappa shape index (κ2) is 10.6. The molecule has 0 bridgehead atoms. The molecule has 2 aromatic carbocycles. The van der Waals surface area contributed by atoms with Gasteiger partial charge >= 0.3 is 0 Å². The van der Waals surface area contributed by atoms with Crippen LogP contribution >= 0.6 is 23.2 Å². The van der Waals surface area contributed by atoms with E-state index in [1.54, 1.807) is 12.4 Å². The van der Waals surface area contributed by atoms with Crippen LogP contribution in [0.15, 0.2) is 47.5 Å². The molecule has 2 heterocycles. The van der Waals surface area contributed by atoms with Crippen molar-refractivity contribution in [3.63, 3.8) is 0 Å². The van der Waals surface area contributed by atoms with E-state index >= 15 is 0 Å². The van der Waals surface area contributed by atoms with Crippen molar-refractivity contribution in [2.45, 2.75) is 18.1 Å². The summed E-state index contributed by atoms with van der Waals surface area (Å²) in [6.07, 6.45) is 3.33. The maximum Gasteiger partial charge on any atom is 0.188 e. The number of aliphatic imine (C=N–C) groups is 1. The second-order valence-electron chi connectivity index (χ2n) is 7.97. The summed E-state index contributed by atoms with van der Waals surface area (Å²) < 4.78 is 12.3. The number of halogens is 2. The molecule has 4 N–H and O–H groups in total. The molecular formula is C23H28Cl2N5O2+. The largest absolute Gasteiger partial charge is 0.491 e. The quantitative estimate of drug-likeness (QED) is 0.383. The maximum absolute atomic E-state index is 7.03. The number of nitrogens with two attached hydrogens (primary N) is 1. The normalized spacial score (nSPS) is 23.2. The molecule has 0 aliphatic carbocycles. The summed E-state index contributed by atoms with van der Waals surface area (Å²) in [5, 5.41) is 13.5. The highest BCUT2D eigenvalue weighted by Gasteiger charge is 2.50. The van der Waals surface area contributed by atoms with Crippen LogP contribution in [0.1, 0.15) is 12.0 Å². The topological polar surface area (TPSA) is 86.5 Å². The number of rotatable bonds is 9. The van der Waals surface area contributed by atoms with Crippen molar-refractivity contribution in [3.8, 4) is 5.75 Å². The Bertz CT molecular complexity index is 942. The molecule has 2 saturated heterocycles. The Morgan fingerprint density at radius 3 is 2.66 bits per heavy atom. The fraction of sp³-hybridized carbons (Fsp3) is 0.391. The monoisotopic (exact) mass is 476 g/mol. The van der Waals surface area contributed by atoms with E-state index in [9.17, 15) is 0 Å². The fourth-order valence-electron chi connectivity index (χ4n) is 4.26. The minimum absolute atomic E-state index is 0.0392. The Morgan fingerprint density at radius 1 is 1.22 bits per heavy atom. The molecule has 0 aromatic heterocycles. The molecule has 9 heteroatoms. The molecule has 0 spiro atoms. The third kappa shape index (κ3) is 5.42. The SMILES string of the molecule is N=CN=C[NH2+]C[C@]1(c2ccc(Cl)cc2Cl)C[C@@H](COc2ccc(N3CCNCC3)cc2)O1. The van der Waals surface area contributed by atoms with Crippen LogP contribution in [0.3, 0.4) is 0 Å². The molecule has 0 radical (unpaired) electrons. The van der Waals surface area contributed by atoms with Gasteiger partial charge in [-0.25, -0.2) is 0 Å². The van der Waals surface area contributed by atoms with Gasteiger partial charge < -0.3 is 25.0 Å². The van der Waals surface area contributed by atoms with Gasteiger partial charge in [0.25, 0.3) is 0 Å². The van der Waals surface area contributed by atoms with Crippen LogP contribution in [0, 0.1) is 5.41 Å². The first-order chi connectivity index (χ1) is 15.6. The highest BCUT2D eigenvalue weighted by atomic mass is 35.5. The van der Waals surface area contributed by atoms with Crippen molar-refractivity contribution in [3.05, 3.63) is 58.1 Å². The van der Waals surface area contributed by atoms with Gasteiger partial charge in [-0.2, -0.15) is 4.99 Å². The molecule has 170 valence electrons. The number of anilines is 1. The summed E-state index contributed by atoms with van der Waals surface area (Å²) in [4.78, 5) is 6.19. The lowest BCUT2D eigenvalue weighted by Gasteiger charge is -2.46. The van der Waals surface area contributed by atoms with Gasteiger partial charge in [0, 0.05) is 53.9 Å². The number of hydrogen-bond acceptors (Lipinski definition) is 5. The van der Waals surface area contributed by atoms with Gasteiger partial charge in [0.05, 0.1) is 6.10 Å². The Kier molecular flexibility index (Phi) is 7.65. The number of quaternary nitrogens is 1. The van der Waals surface area contributed by atoms with Crippen molar-refractivity contribution < 1.29 is 14.8 Å². The van der Waals surface area contributed by atoms with E-state index in [1.807, 2.05) is 29.6 Å². The molecule has 2 fully saturated rings. The van der Waals surface area contributed by atoms with Crippen LogP contribution < -0.4 is 20.3 Å². The third-order valence-corrected chi connectivity index (χ3v) is 6.39. The molecule has 7 nitrogen and oxygen atoms in total. The molecule has 4 rings (SSSR count). The van der Waals surface area contributed by atoms with Crippen molar-refractivity contribution >= 4 is 41.6 Å². The summed E-state index contributed by atoms with van der Waals surface area (Å²) in [6.45, 7) is 5.14. The third-order valence-electron chi connectivity index (χ3n) is 5.84. The highest BCUT2D eigenvalue weighted by molar-refractivity contribution is 6.35. The number of piperazine rings is 1. The lowest BCUT2D eigenvalue weighted by atomic mass is 9.82. The predicted octanol–water partition coefficient (Wildman–Crippen LogP) is 2.66. The number of ether oxygens (including phenoxy) is 2.